The molecular formula is C26H32Cl2N2O2. The van der Waals surface area contributed by atoms with Gasteiger partial charge in [0.2, 0.25) is 11.8 Å². The van der Waals surface area contributed by atoms with E-state index in [2.05, 4.69) is 12.2 Å². The van der Waals surface area contributed by atoms with Crippen molar-refractivity contribution < 1.29 is 9.59 Å². The Balaban J connectivity index is 1.79. The Morgan fingerprint density at radius 3 is 2.31 bits per heavy atom. The van der Waals surface area contributed by atoms with Crippen molar-refractivity contribution in [1.29, 1.82) is 0 Å². The van der Waals surface area contributed by atoms with Crippen LogP contribution >= 0.6 is 23.2 Å². The molecule has 0 heterocycles. The fraction of sp³-hybridized carbons (Fsp3) is 0.462. The van der Waals surface area contributed by atoms with Gasteiger partial charge in [0.05, 0.1) is 16.5 Å². The van der Waals surface area contributed by atoms with Crippen molar-refractivity contribution in [2.75, 3.05) is 0 Å². The van der Waals surface area contributed by atoms with Crippen LogP contribution in [0.15, 0.2) is 36.4 Å². The van der Waals surface area contributed by atoms with Gasteiger partial charge in [-0.1, -0.05) is 66.7 Å². The summed E-state index contributed by atoms with van der Waals surface area (Å²) in [6.07, 6.45) is 5.74. The molecule has 2 aromatic rings. The van der Waals surface area contributed by atoms with Gasteiger partial charge in [0.25, 0.3) is 0 Å². The first-order chi connectivity index (χ1) is 15.2. The molecule has 6 heteroatoms. The number of carbonyl (C=O) groups is 2. The number of amides is 2. The zero-order valence-corrected chi connectivity index (χ0v) is 20.6. The number of hydrogen-bond donors (Lipinski definition) is 1. The summed E-state index contributed by atoms with van der Waals surface area (Å²) in [6, 6.07) is 11.0. The van der Waals surface area contributed by atoms with E-state index in [4.69, 9.17) is 23.2 Å². The van der Waals surface area contributed by atoms with Crippen molar-refractivity contribution in [2.45, 2.75) is 77.9 Å². The van der Waals surface area contributed by atoms with Crippen LogP contribution in [0.4, 0.5) is 0 Å². The molecule has 32 heavy (non-hydrogen) atoms. The highest BCUT2D eigenvalue weighted by Gasteiger charge is 2.28. The van der Waals surface area contributed by atoms with E-state index in [1.165, 1.54) is 12.0 Å². The van der Waals surface area contributed by atoms with Crippen LogP contribution in [0.25, 0.3) is 0 Å². The highest BCUT2D eigenvalue weighted by molar-refractivity contribution is 6.42. The zero-order chi connectivity index (χ0) is 23.3. The fourth-order valence-corrected chi connectivity index (χ4v) is 4.50. The SMILES string of the molecule is Cc1ccc(CC(=O)N(Cc2ccc(Cl)c(Cl)c2)[C@H](C)C(=O)NC2CCCCC2)cc1C. The second-order valence-corrected chi connectivity index (χ2v) is 9.70. The van der Waals surface area contributed by atoms with Crippen molar-refractivity contribution in [2.24, 2.45) is 0 Å². The third-order valence-corrected chi connectivity index (χ3v) is 7.12. The lowest BCUT2D eigenvalue weighted by Gasteiger charge is -2.31. The summed E-state index contributed by atoms with van der Waals surface area (Å²) in [4.78, 5) is 28.1. The van der Waals surface area contributed by atoms with Gasteiger partial charge in [-0.25, -0.2) is 0 Å². The minimum atomic E-state index is -0.592. The number of nitrogens with zero attached hydrogens (tertiary/aromatic N) is 1. The summed E-state index contributed by atoms with van der Waals surface area (Å²) in [6.45, 7) is 6.18. The van der Waals surface area contributed by atoms with Crippen LogP contribution in [-0.4, -0.2) is 28.8 Å². The van der Waals surface area contributed by atoms with Gasteiger partial charge in [0.15, 0.2) is 0 Å². The van der Waals surface area contributed by atoms with Gasteiger partial charge in [-0.2, -0.15) is 0 Å². The summed E-state index contributed by atoms with van der Waals surface area (Å²) >= 11 is 12.3. The summed E-state index contributed by atoms with van der Waals surface area (Å²) in [7, 11) is 0. The summed E-state index contributed by atoms with van der Waals surface area (Å²) < 4.78 is 0. The molecule has 0 unspecified atom stereocenters. The van der Waals surface area contributed by atoms with Crippen molar-refractivity contribution in [3.63, 3.8) is 0 Å². The number of carbonyl (C=O) groups excluding carboxylic acids is 2. The quantitative estimate of drug-likeness (QED) is 0.533. The fourth-order valence-electron chi connectivity index (χ4n) is 4.18. The lowest BCUT2D eigenvalue weighted by molar-refractivity contribution is -0.140. The lowest BCUT2D eigenvalue weighted by Crippen LogP contribution is -2.50. The topological polar surface area (TPSA) is 49.4 Å². The maximum atomic E-state index is 13.4. The van der Waals surface area contributed by atoms with Crippen LogP contribution in [0.1, 0.15) is 61.3 Å². The first kappa shape index (κ1) is 24.6. The van der Waals surface area contributed by atoms with E-state index in [0.29, 0.717) is 16.6 Å². The molecule has 172 valence electrons. The van der Waals surface area contributed by atoms with Crippen LogP contribution < -0.4 is 5.32 Å². The summed E-state index contributed by atoms with van der Waals surface area (Å²) in [5, 5.41) is 4.06. The van der Waals surface area contributed by atoms with Crippen LogP contribution in [0.2, 0.25) is 10.0 Å². The van der Waals surface area contributed by atoms with Crippen LogP contribution in [0.5, 0.6) is 0 Å². The minimum Gasteiger partial charge on any atom is -0.352 e. The normalized spacial score (nSPS) is 15.3. The molecule has 0 saturated heterocycles. The molecule has 1 saturated carbocycles. The number of benzene rings is 2. The average molecular weight is 475 g/mol. The average Bonchev–Trinajstić information content (AvgIpc) is 2.77. The molecule has 1 aliphatic carbocycles. The van der Waals surface area contributed by atoms with E-state index in [1.54, 1.807) is 24.0 Å². The van der Waals surface area contributed by atoms with Gasteiger partial charge in [0, 0.05) is 12.6 Å². The van der Waals surface area contributed by atoms with Crippen molar-refractivity contribution in [3.05, 3.63) is 68.7 Å². The molecule has 1 N–H and O–H groups in total. The van der Waals surface area contributed by atoms with Gasteiger partial charge < -0.3 is 10.2 Å². The second kappa shape index (κ2) is 11.2. The van der Waals surface area contributed by atoms with E-state index in [-0.39, 0.29) is 24.3 Å². The van der Waals surface area contributed by atoms with Gasteiger partial charge in [0.1, 0.15) is 6.04 Å². The maximum Gasteiger partial charge on any atom is 0.242 e. The maximum absolute atomic E-state index is 13.4. The van der Waals surface area contributed by atoms with E-state index < -0.39 is 6.04 Å². The van der Waals surface area contributed by atoms with Crippen LogP contribution in [-0.2, 0) is 22.6 Å². The van der Waals surface area contributed by atoms with Crippen LogP contribution in [0.3, 0.4) is 0 Å². The Morgan fingerprint density at radius 2 is 1.66 bits per heavy atom. The minimum absolute atomic E-state index is 0.0920. The van der Waals surface area contributed by atoms with Crippen molar-refractivity contribution in [3.8, 4) is 0 Å². The molecule has 2 aromatic carbocycles. The molecule has 0 radical (unpaired) electrons. The predicted octanol–water partition coefficient (Wildman–Crippen LogP) is 6.02. The largest absolute Gasteiger partial charge is 0.352 e. The Hall–Kier alpha value is -2.04. The third-order valence-electron chi connectivity index (χ3n) is 6.38. The molecule has 1 fully saturated rings. The summed E-state index contributed by atoms with van der Waals surface area (Å²) in [5.74, 6) is -0.198. The Morgan fingerprint density at radius 1 is 0.969 bits per heavy atom. The highest BCUT2D eigenvalue weighted by atomic mass is 35.5. The van der Waals surface area contributed by atoms with Crippen LogP contribution in [0, 0.1) is 13.8 Å². The monoisotopic (exact) mass is 474 g/mol. The van der Waals surface area contributed by atoms with Gasteiger partial charge in [-0.15, -0.1) is 0 Å². The predicted molar refractivity (Wildman–Crippen MR) is 131 cm³/mol. The molecule has 1 aliphatic rings. The molecule has 0 aliphatic heterocycles. The molecule has 2 amide bonds. The van der Waals surface area contributed by atoms with Crippen molar-refractivity contribution in [1.82, 2.24) is 10.2 Å². The number of nitrogens with one attached hydrogen (secondary N) is 1. The second-order valence-electron chi connectivity index (χ2n) is 8.88. The molecule has 4 nitrogen and oxygen atoms in total. The molecule has 0 aromatic heterocycles. The Kier molecular flexibility index (Phi) is 8.61. The zero-order valence-electron chi connectivity index (χ0n) is 19.1. The van der Waals surface area contributed by atoms with E-state index in [9.17, 15) is 9.59 Å². The van der Waals surface area contributed by atoms with Crippen molar-refractivity contribution >= 4 is 35.0 Å². The van der Waals surface area contributed by atoms with Gasteiger partial charge in [-0.3, -0.25) is 9.59 Å². The number of rotatable bonds is 7. The van der Waals surface area contributed by atoms with E-state index in [1.807, 2.05) is 31.2 Å². The molecule has 0 bridgehead atoms. The Labute approximate surface area is 201 Å². The lowest BCUT2D eigenvalue weighted by atomic mass is 9.95. The highest BCUT2D eigenvalue weighted by Crippen LogP contribution is 2.24. The summed E-state index contributed by atoms with van der Waals surface area (Å²) in [5.41, 5.74) is 4.12. The first-order valence-corrected chi connectivity index (χ1v) is 12.1. The molecule has 1 atom stereocenters. The van der Waals surface area contributed by atoms with E-state index in [0.717, 1.165) is 42.4 Å². The smallest absolute Gasteiger partial charge is 0.242 e. The standard InChI is InChI=1S/C26H32Cl2N2O2/c1-17-9-10-20(13-18(17)2)15-25(31)30(16-21-11-12-23(27)24(28)14-21)19(3)26(32)29-22-7-5-4-6-8-22/h9-14,19,22H,4-8,15-16H2,1-3H3,(H,29,32)/t19-/m1/s1. The molecule has 0 spiro atoms. The Bertz CT molecular complexity index is 970. The molecule has 3 rings (SSSR count). The first-order valence-electron chi connectivity index (χ1n) is 11.3. The third kappa shape index (κ3) is 6.49. The van der Waals surface area contributed by atoms with Gasteiger partial charge in [-0.05, 0) is 68.0 Å². The molecular weight excluding hydrogens is 443 g/mol. The van der Waals surface area contributed by atoms with E-state index >= 15 is 0 Å². The number of aryl methyl sites for hydroxylation is 2. The van der Waals surface area contributed by atoms with Gasteiger partial charge >= 0.3 is 0 Å². The number of halogens is 2. The number of hydrogen-bond acceptors (Lipinski definition) is 2.